The van der Waals surface area contributed by atoms with Crippen LogP contribution in [-0.2, 0) is 16.0 Å². The minimum atomic E-state index is -0.403. The van der Waals surface area contributed by atoms with Crippen LogP contribution in [0.15, 0.2) is 42.5 Å². The predicted octanol–water partition coefficient (Wildman–Crippen LogP) is 4.28. The Bertz CT molecular complexity index is 977. The molecule has 1 aliphatic heterocycles. The molecule has 2 aromatic rings. The normalized spacial score (nSPS) is 17.9. The molecule has 32 heavy (non-hydrogen) atoms. The van der Waals surface area contributed by atoms with Crippen molar-refractivity contribution in [2.75, 3.05) is 6.54 Å². The van der Waals surface area contributed by atoms with Crippen LogP contribution in [0, 0.1) is 0 Å². The molecule has 170 valence electrons. The fourth-order valence-electron chi connectivity index (χ4n) is 4.38. The van der Waals surface area contributed by atoms with E-state index in [0.29, 0.717) is 29.0 Å². The summed E-state index contributed by atoms with van der Waals surface area (Å²) in [5, 5.41) is 3.56. The Kier molecular flexibility index (Phi) is 8.53. The van der Waals surface area contributed by atoms with Crippen LogP contribution in [0.25, 0.3) is 0 Å². The fourth-order valence-corrected chi connectivity index (χ4v) is 4.92. The maximum Gasteiger partial charge on any atom is 0.254 e. The number of rotatable bonds is 6. The highest BCUT2D eigenvalue weighted by Crippen LogP contribution is 2.41. The highest BCUT2D eigenvalue weighted by molar-refractivity contribution is 6.35. The molecule has 2 aliphatic rings. The molecule has 0 spiro atoms. The van der Waals surface area contributed by atoms with Gasteiger partial charge >= 0.3 is 0 Å². The first-order chi connectivity index (χ1) is 15.4. The van der Waals surface area contributed by atoms with Gasteiger partial charge in [0.05, 0.1) is 6.04 Å². The summed E-state index contributed by atoms with van der Waals surface area (Å²) in [6, 6.07) is 13.8. The number of hydrogen-bond donors (Lipinski definition) is 2. The van der Waals surface area contributed by atoms with E-state index in [4.69, 9.17) is 28.9 Å². The van der Waals surface area contributed by atoms with Gasteiger partial charge in [0.25, 0.3) is 5.91 Å². The summed E-state index contributed by atoms with van der Waals surface area (Å²) in [4.78, 5) is 34.8. The molecule has 0 radical (unpaired) electrons. The van der Waals surface area contributed by atoms with Gasteiger partial charge < -0.3 is 16.0 Å². The molecule has 1 unspecified atom stereocenters. The maximum atomic E-state index is 13.2. The molecule has 1 fully saturated rings. The van der Waals surface area contributed by atoms with E-state index < -0.39 is 5.91 Å². The summed E-state index contributed by atoms with van der Waals surface area (Å²) in [6.07, 6.45) is 6.08. The minimum Gasteiger partial charge on any atom is -0.370 e. The van der Waals surface area contributed by atoms with E-state index >= 15 is 0 Å². The molecule has 3 N–H and O–H groups in total. The van der Waals surface area contributed by atoms with Crippen LogP contribution in [0.4, 0.5) is 0 Å². The number of nitrogens with one attached hydrogen (secondary N) is 1. The summed E-state index contributed by atoms with van der Waals surface area (Å²) in [5.74, 6) is -0.265. The number of halogens is 2. The van der Waals surface area contributed by atoms with Crippen molar-refractivity contribution in [3.05, 3.63) is 69.2 Å². The molecule has 1 atom stereocenters. The molecule has 3 amide bonds. The molecule has 0 saturated heterocycles. The molecule has 6 nitrogen and oxygen atoms in total. The Morgan fingerprint density at radius 1 is 1.16 bits per heavy atom. The lowest BCUT2D eigenvalue weighted by atomic mass is 9.88. The van der Waals surface area contributed by atoms with Crippen LogP contribution >= 0.6 is 23.2 Å². The molecule has 1 heterocycles. The zero-order chi connectivity index (χ0) is 23.1. The number of nitrogens with two attached hydrogens (primary N) is 1. The van der Waals surface area contributed by atoms with Crippen molar-refractivity contribution >= 4 is 41.4 Å². The van der Waals surface area contributed by atoms with Gasteiger partial charge in [-0.2, -0.15) is 0 Å². The van der Waals surface area contributed by atoms with Crippen LogP contribution in [-0.4, -0.2) is 35.7 Å². The van der Waals surface area contributed by atoms with Crippen molar-refractivity contribution in [3.63, 3.8) is 0 Å². The fraction of sp³-hybridized carbons (Fsp3) is 0.375. The van der Waals surface area contributed by atoms with Crippen molar-refractivity contribution in [1.29, 1.82) is 0 Å². The second kappa shape index (κ2) is 11.3. The average Bonchev–Trinajstić information content (AvgIpc) is 3.28. The number of primary amides is 1. The Morgan fingerprint density at radius 2 is 1.88 bits per heavy atom. The number of fused-ring (bicyclic) bond motifs is 1. The highest BCUT2D eigenvalue weighted by atomic mass is 35.5. The Balaban J connectivity index is 0.000000312. The van der Waals surface area contributed by atoms with Crippen molar-refractivity contribution < 1.29 is 14.4 Å². The standard InChI is InChI=1S/C20H19Cl2NO.C4H8N2O2/c21-14-9-10-17(18(22)12-14)19-11-13-5-1-4-8-16(13)20(24)23(19)15-6-2-3-7-15;5-4(8)1-2-6-3-7/h1,4-5,8-10,12,15,19H,2-3,6-7,11H2;3H,1-2H2,(H2,5,8)(H,6,7). The van der Waals surface area contributed by atoms with Crippen molar-refractivity contribution in [1.82, 2.24) is 10.2 Å². The molecular formula is C24H27Cl2N3O3. The summed E-state index contributed by atoms with van der Waals surface area (Å²) < 4.78 is 0. The smallest absolute Gasteiger partial charge is 0.254 e. The molecule has 0 aromatic heterocycles. The second-order valence-corrected chi connectivity index (χ2v) is 8.83. The zero-order valence-corrected chi connectivity index (χ0v) is 19.2. The van der Waals surface area contributed by atoms with Crippen molar-refractivity contribution in [3.8, 4) is 0 Å². The van der Waals surface area contributed by atoms with Crippen LogP contribution < -0.4 is 11.1 Å². The Hall–Kier alpha value is -2.57. The minimum absolute atomic E-state index is 0.0136. The third-order valence-electron chi connectivity index (χ3n) is 5.87. The summed E-state index contributed by atoms with van der Waals surface area (Å²) in [5.41, 5.74) is 7.68. The predicted molar refractivity (Wildman–Crippen MR) is 126 cm³/mol. The van der Waals surface area contributed by atoms with E-state index in [-0.39, 0.29) is 18.4 Å². The molecule has 8 heteroatoms. The number of hydrogen-bond acceptors (Lipinski definition) is 3. The topological polar surface area (TPSA) is 92.5 Å². The van der Waals surface area contributed by atoms with Gasteiger partial charge in [-0.15, -0.1) is 0 Å². The number of carbonyl (C=O) groups is 3. The largest absolute Gasteiger partial charge is 0.370 e. The molecule has 4 rings (SSSR count). The van der Waals surface area contributed by atoms with Gasteiger partial charge in [0.2, 0.25) is 12.3 Å². The molecule has 0 bridgehead atoms. The number of nitrogens with zero attached hydrogens (tertiary/aromatic N) is 1. The van der Waals surface area contributed by atoms with E-state index in [0.717, 1.165) is 36.0 Å². The van der Waals surface area contributed by atoms with Crippen LogP contribution in [0.1, 0.15) is 59.6 Å². The first-order valence-electron chi connectivity index (χ1n) is 10.7. The van der Waals surface area contributed by atoms with Crippen molar-refractivity contribution in [2.24, 2.45) is 5.73 Å². The van der Waals surface area contributed by atoms with Crippen molar-refractivity contribution in [2.45, 2.75) is 50.6 Å². The number of amides is 3. The first-order valence-corrected chi connectivity index (χ1v) is 11.5. The van der Waals surface area contributed by atoms with Gasteiger partial charge in [0.15, 0.2) is 0 Å². The first kappa shape index (κ1) is 24.1. The van der Waals surface area contributed by atoms with Gasteiger partial charge in [-0.1, -0.05) is 60.3 Å². The highest BCUT2D eigenvalue weighted by Gasteiger charge is 2.39. The lowest BCUT2D eigenvalue weighted by Crippen LogP contribution is -2.45. The maximum absolute atomic E-state index is 13.2. The Labute approximate surface area is 198 Å². The van der Waals surface area contributed by atoms with Gasteiger partial charge in [-0.25, -0.2) is 0 Å². The molecule has 1 aliphatic carbocycles. The Morgan fingerprint density at radius 3 is 2.53 bits per heavy atom. The monoisotopic (exact) mass is 475 g/mol. The molecule has 1 saturated carbocycles. The molecule has 2 aromatic carbocycles. The van der Waals surface area contributed by atoms with Crippen LogP contribution in [0.5, 0.6) is 0 Å². The summed E-state index contributed by atoms with van der Waals surface area (Å²) >= 11 is 12.6. The van der Waals surface area contributed by atoms with Gasteiger partial charge in [0, 0.05) is 34.6 Å². The third kappa shape index (κ3) is 5.81. The van der Waals surface area contributed by atoms with Crippen LogP contribution in [0.2, 0.25) is 10.0 Å². The van der Waals surface area contributed by atoms with Gasteiger partial charge in [-0.05, 0) is 48.6 Å². The second-order valence-electron chi connectivity index (χ2n) is 7.98. The van der Waals surface area contributed by atoms with Gasteiger partial charge in [0.1, 0.15) is 0 Å². The average molecular weight is 476 g/mol. The number of benzene rings is 2. The van der Waals surface area contributed by atoms with E-state index in [2.05, 4.69) is 16.3 Å². The van der Waals surface area contributed by atoms with E-state index in [9.17, 15) is 14.4 Å². The number of carbonyl (C=O) groups excluding carboxylic acids is 3. The summed E-state index contributed by atoms with van der Waals surface area (Å²) in [7, 11) is 0. The van der Waals surface area contributed by atoms with E-state index in [1.54, 1.807) is 6.07 Å². The zero-order valence-electron chi connectivity index (χ0n) is 17.7. The lowest BCUT2D eigenvalue weighted by Gasteiger charge is -2.41. The molecular weight excluding hydrogens is 449 g/mol. The SMILES string of the molecule is NC(=O)CCNC=O.O=C1c2ccccc2CC(c2ccc(Cl)cc2Cl)N1C1CCCC1. The quantitative estimate of drug-likeness (QED) is 0.482. The van der Waals surface area contributed by atoms with Crippen LogP contribution in [0.3, 0.4) is 0 Å². The third-order valence-corrected chi connectivity index (χ3v) is 6.43. The summed E-state index contributed by atoms with van der Waals surface area (Å²) in [6.45, 7) is 0.332. The van der Waals surface area contributed by atoms with Gasteiger partial charge in [-0.3, -0.25) is 14.4 Å². The lowest BCUT2D eigenvalue weighted by molar-refractivity contribution is -0.118. The van der Waals surface area contributed by atoms with E-state index in [1.807, 2.05) is 30.3 Å². The van der Waals surface area contributed by atoms with E-state index in [1.165, 1.54) is 12.8 Å².